The molecular weight excluding hydrogens is 473 g/mol. The molecule has 0 spiro atoms. The number of sulfonamides is 1. The maximum absolute atomic E-state index is 13.2. The van der Waals surface area contributed by atoms with E-state index in [-0.39, 0.29) is 23.4 Å². The summed E-state index contributed by atoms with van der Waals surface area (Å²) in [5.41, 5.74) is 4.90. The fourth-order valence-electron chi connectivity index (χ4n) is 3.72. The quantitative estimate of drug-likeness (QED) is 0.610. The minimum Gasteiger partial charge on any atom is -0.370 e. The van der Waals surface area contributed by atoms with Crippen LogP contribution in [0.3, 0.4) is 0 Å². The van der Waals surface area contributed by atoms with Crippen LogP contribution in [0.2, 0.25) is 0 Å². The number of rotatable bonds is 7. The molecule has 0 aromatic heterocycles. The number of hydrogen-bond donors (Lipinski definition) is 2. The van der Waals surface area contributed by atoms with E-state index in [1.54, 1.807) is 6.07 Å². The van der Waals surface area contributed by atoms with Gasteiger partial charge in [0.25, 0.3) is 0 Å². The summed E-state index contributed by atoms with van der Waals surface area (Å²) in [7, 11) is -4.11. The number of carbonyl (C=O) groups excluding carboxylic acids is 2. The number of benzene rings is 2. The molecule has 12 heteroatoms. The van der Waals surface area contributed by atoms with Crippen LogP contribution >= 0.6 is 0 Å². The summed E-state index contributed by atoms with van der Waals surface area (Å²) in [4.78, 5) is 23.5. The van der Waals surface area contributed by atoms with Crippen LogP contribution in [0.15, 0.2) is 53.4 Å². The second-order valence-electron chi connectivity index (χ2n) is 7.74. The molecule has 1 heterocycles. The van der Waals surface area contributed by atoms with Crippen molar-refractivity contribution in [3.8, 4) is 17.2 Å². The molecule has 0 bridgehead atoms. The van der Waals surface area contributed by atoms with Crippen LogP contribution in [0.5, 0.6) is 0 Å². The fraction of sp³-hybridized carbons (Fsp3) is 0.318. The van der Waals surface area contributed by atoms with Gasteiger partial charge in [-0.15, -0.1) is 0 Å². The average Bonchev–Trinajstić information content (AvgIpc) is 3.29. The standard InChI is InChI=1S/C22H21F3N4O4S/c23-22(24,25)16-4-1-3-15(11-16)14-6-8-18(9-7-14)34(32,33)29-10-2-5-19(29)21(31)28-17(13-26)12-20(27)30/h1,3-4,6-9,11,17,19H,2,5,10,12H2,(H2,27,30)(H,28,31)/t17-,19-/m0/s1. The zero-order valence-corrected chi connectivity index (χ0v) is 18.6. The number of nitrogens with two attached hydrogens (primary N) is 1. The maximum Gasteiger partial charge on any atom is 0.416 e. The number of carbonyl (C=O) groups is 2. The van der Waals surface area contributed by atoms with Gasteiger partial charge in [-0.3, -0.25) is 9.59 Å². The molecular formula is C22H21F3N4O4S. The van der Waals surface area contributed by atoms with Gasteiger partial charge < -0.3 is 11.1 Å². The number of nitrogens with zero attached hydrogens (tertiary/aromatic N) is 2. The van der Waals surface area contributed by atoms with E-state index in [1.807, 2.05) is 0 Å². The molecule has 0 unspecified atom stereocenters. The number of primary amides is 1. The third-order valence-corrected chi connectivity index (χ3v) is 7.29. The number of amides is 2. The third kappa shape index (κ3) is 5.55. The summed E-state index contributed by atoms with van der Waals surface area (Å²) in [6.07, 6.45) is -4.28. The van der Waals surface area contributed by atoms with Crippen molar-refractivity contribution >= 4 is 21.8 Å². The van der Waals surface area contributed by atoms with Gasteiger partial charge in [-0.2, -0.15) is 22.7 Å². The van der Waals surface area contributed by atoms with Gasteiger partial charge in [0.15, 0.2) is 0 Å². The smallest absolute Gasteiger partial charge is 0.370 e. The molecule has 2 atom stereocenters. The van der Waals surface area contributed by atoms with Crippen LogP contribution in [-0.4, -0.2) is 43.2 Å². The SMILES string of the molecule is N#C[C@H](CC(N)=O)NC(=O)[C@@H]1CCCN1S(=O)(=O)c1ccc(-c2cccc(C(F)(F)F)c2)cc1. The number of hydrogen-bond acceptors (Lipinski definition) is 5. The average molecular weight is 494 g/mol. The summed E-state index contributed by atoms with van der Waals surface area (Å²) in [6, 6.07) is 9.48. The lowest BCUT2D eigenvalue weighted by Gasteiger charge is -2.24. The molecule has 8 nitrogen and oxygen atoms in total. The summed E-state index contributed by atoms with van der Waals surface area (Å²) in [6.45, 7) is 0.0723. The molecule has 0 radical (unpaired) electrons. The first-order valence-electron chi connectivity index (χ1n) is 10.2. The van der Waals surface area contributed by atoms with Crippen LogP contribution < -0.4 is 11.1 Å². The van der Waals surface area contributed by atoms with Crippen molar-refractivity contribution in [1.29, 1.82) is 5.26 Å². The van der Waals surface area contributed by atoms with Gasteiger partial charge in [0.1, 0.15) is 12.1 Å². The van der Waals surface area contributed by atoms with Crippen LogP contribution in [0.1, 0.15) is 24.8 Å². The van der Waals surface area contributed by atoms with Gasteiger partial charge in [0, 0.05) is 6.54 Å². The number of halogens is 3. The van der Waals surface area contributed by atoms with E-state index in [0.717, 1.165) is 16.4 Å². The monoisotopic (exact) mass is 494 g/mol. The predicted molar refractivity (Wildman–Crippen MR) is 115 cm³/mol. The van der Waals surface area contributed by atoms with Gasteiger partial charge >= 0.3 is 6.18 Å². The highest BCUT2D eigenvalue weighted by Gasteiger charge is 2.40. The first-order valence-corrected chi connectivity index (χ1v) is 11.7. The molecule has 3 N–H and O–H groups in total. The fourth-order valence-corrected chi connectivity index (χ4v) is 5.37. The number of alkyl halides is 3. The predicted octanol–water partition coefficient (Wildman–Crippen LogP) is 2.41. The minimum absolute atomic E-state index is 0.0723. The van der Waals surface area contributed by atoms with Gasteiger partial charge in [0.05, 0.1) is 22.9 Å². The van der Waals surface area contributed by atoms with Crippen molar-refractivity contribution in [3.63, 3.8) is 0 Å². The highest BCUT2D eigenvalue weighted by molar-refractivity contribution is 7.89. The molecule has 1 aliphatic rings. The Labute approximate surface area is 194 Å². The van der Waals surface area contributed by atoms with Crippen LogP contribution in [0.25, 0.3) is 11.1 Å². The molecule has 34 heavy (non-hydrogen) atoms. The lowest BCUT2D eigenvalue weighted by molar-refractivity contribution is -0.137. The van der Waals surface area contributed by atoms with Gasteiger partial charge in [0.2, 0.25) is 21.8 Å². The molecule has 2 aromatic carbocycles. The molecule has 2 aromatic rings. The van der Waals surface area contributed by atoms with E-state index in [1.165, 1.54) is 36.4 Å². The van der Waals surface area contributed by atoms with E-state index in [0.29, 0.717) is 12.0 Å². The van der Waals surface area contributed by atoms with Crippen molar-refractivity contribution in [2.45, 2.75) is 42.4 Å². The first-order chi connectivity index (χ1) is 15.9. The van der Waals surface area contributed by atoms with E-state index >= 15 is 0 Å². The first kappa shape index (κ1) is 25.2. The summed E-state index contributed by atoms with van der Waals surface area (Å²) >= 11 is 0. The highest BCUT2D eigenvalue weighted by atomic mass is 32.2. The molecule has 1 fully saturated rings. The highest BCUT2D eigenvalue weighted by Crippen LogP contribution is 2.33. The molecule has 1 saturated heterocycles. The van der Waals surface area contributed by atoms with Crippen LogP contribution in [-0.2, 0) is 25.8 Å². The van der Waals surface area contributed by atoms with E-state index in [2.05, 4.69) is 5.32 Å². The lowest BCUT2D eigenvalue weighted by atomic mass is 10.0. The molecule has 3 rings (SSSR count). The largest absolute Gasteiger partial charge is 0.416 e. The molecule has 0 aliphatic carbocycles. The Balaban J connectivity index is 1.81. The Hall–Kier alpha value is -3.43. The molecule has 2 amide bonds. The Morgan fingerprint density at radius 1 is 1.18 bits per heavy atom. The molecule has 0 saturated carbocycles. The summed E-state index contributed by atoms with van der Waals surface area (Å²) in [5.74, 6) is -1.50. The van der Waals surface area contributed by atoms with Crippen molar-refractivity contribution in [1.82, 2.24) is 9.62 Å². The van der Waals surface area contributed by atoms with Crippen LogP contribution in [0.4, 0.5) is 13.2 Å². The number of nitriles is 1. The second-order valence-corrected chi connectivity index (χ2v) is 9.63. The Morgan fingerprint density at radius 2 is 1.85 bits per heavy atom. The Bertz CT molecular complexity index is 1220. The van der Waals surface area contributed by atoms with Crippen molar-refractivity contribution in [3.05, 3.63) is 54.1 Å². The Kier molecular flexibility index (Phi) is 7.28. The van der Waals surface area contributed by atoms with Crippen molar-refractivity contribution in [2.75, 3.05) is 6.54 Å². The van der Waals surface area contributed by atoms with Crippen LogP contribution in [0, 0.1) is 11.3 Å². The van der Waals surface area contributed by atoms with Crippen molar-refractivity contribution in [2.24, 2.45) is 5.73 Å². The summed E-state index contributed by atoms with van der Waals surface area (Å²) in [5, 5.41) is 11.4. The van der Waals surface area contributed by atoms with E-state index in [4.69, 9.17) is 11.0 Å². The van der Waals surface area contributed by atoms with Crippen molar-refractivity contribution < 1.29 is 31.2 Å². The summed E-state index contributed by atoms with van der Waals surface area (Å²) < 4.78 is 66.3. The third-order valence-electron chi connectivity index (χ3n) is 5.37. The zero-order valence-electron chi connectivity index (χ0n) is 17.7. The zero-order chi connectivity index (χ0) is 25.1. The van der Waals surface area contributed by atoms with Gasteiger partial charge in [-0.05, 0) is 48.2 Å². The number of nitrogens with one attached hydrogen (secondary N) is 1. The lowest BCUT2D eigenvalue weighted by Crippen LogP contribution is -2.49. The second kappa shape index (κ2) is 9.82. The maximum atomic E-state index is 13.2. The molecule has 1 aliphatic heterocycles. The minimum atomic E-state index is -4.51. The van der Waals surface area contributed by atoms with E-state index in [9.17, 15) is 31.2 Å². The normalized spacial score (nSPS) is 17.6. The topological polar surface area (TPSA) is 133 Å². The van der Waals surface area contributed by atoms with E-state index < -0.39 is 52.1 Å². The van der Waals surface area contributed by atoms with Gasteiger partial charge in [-0.1, -0.05) is 24.3 Å². The Morgan fingerprint density at radius 3 is 2.44 bits per heavy atom. The molecule has 180 valence electrons. The van der Waals surface area contributed by atoms with Gasteiger partial charge in [-0.25, -0.2) is 8.42 Å².